The van der Waals surface area contributed by atoms with Crippen LogP contribution >= 0.6 is 24.0 Å². The molecule has 4 heteroatoms. The van der Waals surface area contributed by atoms with Crippen LogP contribution in [0.4, 0.5) is 0 Å². The molecule has 0 saturated carbocycles. The van der Waals surface area contributed by atoms with Gasteiger partial charge in [-0.2, -0.15) is 11.8 Å². The first-order valence-electron chi connectivity index (χ1n) is 5.24. The molecule has 2 atom stereocenters. The first-order chi connectivity index (χ1) is 6.58. The van der Waals surface area contributed by atoms with Crippen LogP contribution in [0.3, 0.4) is 0 Å². The highest BCUT2D eigenvalue weighted by molar-refractivity contribution is 8.00. The maximum Gasteiger partial charge on any atom is 0.0727 e. The largest absolute Gasteiger partial charge is 0.393 e. The van der Waals surface area contributed by atoms with E-state index in [1.165, 1.54) is 13.1 Å². The minimum Gasteiger partial charge on any atom is -0.393 e. The second-order valence-corrected chi connectivity index (χ2v) is 6.49. The Hall–Kier alpha value is 0.200. The molecule has 14 heavy (non-hydrogen) atoms. The Kier molecular flexibility index (Phi) is 5.20. The van der Waals surface area contributed by atoms with Crippen LogP contribution in [0.5, 0.6) is 0 Å². The van der Waals surface area contributed by atoms with Crippen molar-refractivity contribution in [2.45, 2.75) is 37.2 Å². The van der Waals surface area contributed by atoms with Gasteiger partial charge in [0, 0.05) is 23.6 Å². The molecule has 2 nitrogen and oxygen atoms in total. The predicted octanol–water partition coefficient (Wildman–Crippen LogP) is 1.88. The fourth-order valence-electron chi connectivity index (χ4n) is 1.94. The van der Waals surface area contributed by atoms with Crippen LogP contribution in [0.15, 0.2) is 0 Å². The maximum absolute atomic E-state index is 5.47. The van der Waals surface area contributed by atoms with Crippen molar-refractivity contribution in [1.82, 2.24) is 4.90 Å². The van der Waals surface area contributed by atoms with Gasteiger partial charge in [0.05, 0.1) is 4.99 Å². The summed E-state index contributed by atoms with van der Waals surface area (Å²) < 4.78 is 0. The Morgan fingerprint density at radius 1 is 1.43 bits per heavy atom. The molecule has 82 valence electrons. The number of nitrogens with two attached hydrogens (primary N) is 1. The Balaban J connectivity index is 2.20. The van der Waals surface area contributed by atoms with Gasteiger partial charge in [0.25, 0.3) is 0 Å². The van der Waals surface area contributed by atoms with Crippen molar-refractivity contribution in [1.29, 1.82) is 0 Å². The van der Waals surface area contributed by atoms with E-state index < -0.39 is 0 Å². The van der Waals surface area contributed by atoms with Crippen LogP contribution in [0.1, 0.15) is 26.7 Å². The molecule has 0 aromatic carbocycles. The molecule has 0 aliphatic carbocycles. The van der Waals surface area contributed by atoms with Crippen LogP contribution in [0, 0.1) is 0 Å². The molecular formula is C10H20N2S2. The van der Waals surface area contributed by atoms with Gasteiger partial charge in [-0.25, -0.2) is 0 Å². The quantitative estimate of drug-likeness (QED) is 0.750. The zero-order chi connectivity index (χ0) is 10.6. The smallest absolute Gasteiger partial charge is 0.0727 e. The summed E-state index contributed by atoms with van der Waals surface area (Å²) in [5.74, 6) is 0. The SMILES string of the molecule is CC1CN(CCCC(N)=S)CC(C)S1. The van der Waals surface area contributed by atoms with Gasteiger partial charge in [-0.1, -0.05) is 26.1 Å². The van der Waals surface area contributed by atoms with E-state index in [1.54, 1.807) is 0 Å². The van der Waals surface area contributed by atoms with E-state index in [2.05, 4.69) is 30.5 Å². The van der Waals surface area contributed by atoms with Crippen LogP contribution in [-0.2, 0) is 0 Å². The molecule has 1 heterocycles. The Morgan fingerprint density at radius 3 is 2.50 bits per heavy atom. The van der Waals surface area contributed by atoms with E-state index in [1.807, 2.05) is 0 Å². The molecule has 0 aromatic heterocycles. The highest BCUT2D eigenvalue weighted by atomic mass is 32.2. The summed E-state index contributed by atoms with van der Waals surface area (Å²) in [6.45, 7) is 8.19. The second kappa shape index (κ2) is 5.93. The van der Waals surface area contributed by atoms with Crippen LogP contribution in [0.25, 0.3) is 0 Å². The lowest BCUT2D eigenvalue weighted by atomic mass is 10.2. The summed E-state index contributed by atoms with van der Waals surface area (Å²) in [6, 6.07) is 0. The van der Waals surface area contributed by atoms with E-state index in [9.17, 15) is 0 Å². The minimum atomic E-state index is 0.650. The van der Waals surface area contributed by atoms with Crippen molar-refractivity contribution in [2.24, 2.45) is 5.73 Å². The monoisotopic (exact) mass is 232 g/mol. The fourth-order valence-corrected chi connectivity index (χ4v) is 3.48. The molecule has 1 saturated heterocycles. The number of hydrogen-bond acceptors (Lipinski definition) is 3. The predicted molar refractivity (Wildman–Crippen MR) is 69.0 cm³/mol. The first-order valence-corrected chi connectivity index (χ1v) is 6.59. The Bertz CT molecular complexity index is 187. The van der Waals surface area contributed by atoms with Crippen LogP contribution in [-0.4, -0.2) is 40.0 Å². The van der Waals surface area contributed by atoms with Gasteiger partial charge >= 0.3 is 0 Å². The Morgan fingerprint density at radius 2 is 2.00 bits per heavy atom. The number of hydrogen-bond donors (Lipinski definition) is 1. The maximum atomic E-state index is 5.47. The molecule has 0 radical (unpaired) electrons. The molecule has 2 N–H and O–H groups in total. The van der Waals surface area contributed by atoms with Crippen molar-refractivity contribution < 1.29 is 0 Å². The van der Waals surface area contributed by atoms with Crippen LogP contribution in [0.2, 0.25) is 0 Å². The zero-order valence-corrected chi connectivity index (χ0v) is 10.7. The van der Waals surface area contributed by atoms with Gasteiger partial charge in [0.15, 0.2) is 0 Å². The van der Waals surface area contributed by atoms with Crippen LogP contribution < -0.4 is 5.73 Å². The number of rotatable bonds is 4. The number of thiocarbonyl (C=S) groups is 1. The van der Waals surface area contributed by atoms with Gasteiger partial charge in [-0.3, -0.25) is 0 Å². The van der Waals surface area contributed by atoms with Crippen molar-refractivity contribution in [3.63, 3.8) is 0 Å². The highest BCUT2D eigenvalue weighted by Gasteiger charge is 2.21. The lowest BCUT2D eigenvalue weighted by Crippen LogP contribution is -2.40. The molecule has 1 fully saturated rings. The molecule has 2 unspecified atom stereocenters. The van der Waals surface area contributed by atoms with Crippen molar-refractivity contribution in [3.8, 4) is 0 Å². The summed E-state index contributed by atoms with van der Waals surface area (Å²) >= 11 is 6.96. The van der Waals surface area contributed by atoms with Crippen molar-refractivity contribution in [3.05, 3.63) is 0 Å². The fraction of sp³-hybridized carbons (Fsp3) is 0.900. The lowest BCUT2D eigenvalue weighted by molar-refractivity contribution is 0.269. The number of thioether (sulfide) groups is 1. The standard InChI is InChI=1S/C10H20N2S2/c1-8-6-12(7-9(2)14-8)5-3-4-10(11)13/h8-9H,3-7H2,1-2H3,(H2,11,13). The third kappa shape index (κ3) is 4.62. The van der Waals surface area contributed by atoms with E-state index in [-0.39, 0.29) is 0 Å². The first kappa shape index (κ1) is 12.3. The van der Waals surface area contributed by atoms with Gasteiger partial charge < -0.3 is 10.6 Å². The van der Waals surface area contributed by atoms with Crippen molar-refractivity contribution in [2.75, 3.05) is 19.6 Å². The summed E-state index contributed by atoms with van der Waals surface area (Å²) in [6.07, 6.45) is 2.00. The van der Waals surface area contributed by atoms with E-state index in [4.69, 9.17) is 18.0 Å². The summed E-state index contributed by atoms with van der Waals surface area (Å²) in [5.41, 5.74) is 5.47. The number of nitrogens with zero attached hydrogens (tertiary/aromatic N) is 1. The second-order valence-electron chi connectivity index (χ2n) is 4.09. The van der Waals surface area contributed by atoms with E-state index in [0.29, 0.717) is 4.99 Å². The summed E-state index contributed by atoms with van der Waals surface area (Å²) in [5, 5.41) is 1.53. The lowest BCUT2D eigenvalue weighted by Gasteiger charge is -2.34. The van der Waals surface area contributed by atoms with Gasteiger partial charge in [-0.05, 0) is 19.4 Å². The third-order valence-electron chi connectivity index (χ3n) is 2.39. The molecule has 1 rings (SSSR count). The summed E-state index contributed by atoms with van der Waals surface area (Å²) in [7, 11) is 0. The molecule has 0 aromatic rings. The average molecular weight is 232 g/mol. The zero-order valence-electron chi connectivity index (χ0n) is 9.03. The highest BCUT2D eigenvalue weighted by Crippen LogP contribution is 2.24. The average Bonchev–Trinajstić information content (AvgIpc) is 2.01. The minimum absolute atomic E-state index is 0.650. The van der Waals surface area contributed by atoms with Gasteiger partial charge in [0.2, 0.25) is 0 Å². The molecule has 0 amide bonds. The molecule has 0 bridgehead atoms. The van der Waals surface area contributed by atoms with Gasteiger partial charge in [0.1, 0.15) is 0 Å². The molecule has 1 aliphatic rings. The van der Waals surface area contributed by atoms with Crippen molar-refractivity contribution >= 4 is 29.0 Å². The Labute approximate surface area is 96.6 Å². The van der Waals surface area contributed by atoms with E-state index in [0.717, 1.165) is 29.9 Å². The van der Waals surface area contributed by atoms with Gasteiger partial charge in [-0.15, -0.1) is 0 Å². The van der Waals surface area contributed by atoms with E-state index >= 15 is 0 Å². The topological polar surface area (TPSA) is 29.3 Å². The molecular weight excluding hydrogens is 212 g/mol. The normalized spacial score (nSPS) is 29.0. The molecule has 0 spiro atoms. The third-order valence-corrected chi connectivity index (χ3v) is 3.82. The summed E-state index contributed by atoms with van der Waals surface area (Å²) in [4.78, 5) is 3.18. The molecule has 1 aliphatic heterocycles.